The topological polar surface area (TPSA) is 29.3 Å². The van der Waals surface area contributed by atoms with Crippen LogP contribution in [-0.4, -0.2) is 24.6 Å². The van der Waals surface area contributed by atoms with Crippen molar-refractivity contribution >= 4 is 17.4 Å². The molecule has 1 fully saturated rings. The maximum Gasteiger partial charge on any atom is 0.123 e. The molecule has 0 amide bonds. The monoisotopic (exact) mass is 254 g/mol. The summed E-state index contributed by atoms with van der Waals surface area (Å²) >= 11 is 1.98. The summed E-state index contributed by atoms with van der Waals surface area (Å²) in [5.74, 6) is 2.14. The summed E-state index contributed by atoms with van der Waals surface area (Å²) in [6.07, 6.45) is 1.18. The zero-order valence-corrected chi connectivity index (χ0v) is 11.0. The molecule has 0 bridgehead atoms. The van der Waals surface area contributed by atoms with Gasteiger partial charge in [0.25, 0.3) is 0 Å². The van der Waals surface area contributed by atoms with Gasteiger partial charge in [-0.2, -0.15) is 11.8 Å². The molecule has 94 valence electrons. The molecule has 1 saturated heterocycles. The summed E-state index contributed by atoms with van der Waals surface area (Å²) < 4.78 is 13.3. The molecule has 17 heavy (non-hydrogen) atoms. The van der Waals surface area contributed by atoms with Crippen LogP contribution < -0.4 is 10.6 Å². The van der Waals surface area contributed by atoms with E-state index in [1.54, 1.807) is 6.07 Å². The van der Waals surface area contributed by atoms with E-state index in [1.165, 1.54) is 18.2 Å². The number of rotatable bonds is 2. The summed E-state index contributed by atoms with van der Waals surface area (Å²) in [5, 5.41) is 0. The fraction of sp³-hybridized carbons (Fsp3) is 0.538. The lowest BCUT2D eigenvalue weighted by Crippen LogP contribution is -2.27. The molecule has 4 heteroatoms. The van der Waals surface area contributed by atoms with Gasteiger partial charge in [-0.05, 0) is 42.9 Å². The van der Waals surface area contributed by atoms with Crippen molar-refractivity contribution in [3.05, 3.63) is 29.6 Å². The molecular formula is C13H19FN2S. The van der Waals surface area contributed by atoms with E-state index in [1.807, 2.05) is 24.8 Å². The van der Waals surface area contributed by atoms with Crippen LogP contribution in [0.4, 0.5) is 10.1 Å². The summed E-state index contributed by atoms with van der Waals surface area (Å²) in [7, 11) is 0. The highest BCUT2D eigenvalue weighted by Gasteiger charge is 2.16. The fourth-order valence-electron chi connectivity index (χ4n) is 2.17. The van der Waals surface area contributed by atoms with Crippen LogP contribution in [-0.2, 0) is 0 Å². The third-order valence-electron chi connectivity index (χ3n) is 3.04. The molecule has 0 aromatic heterocycles. The quantitative estimate of drug-likeness (QED) is 0.880. The Morgan fingerprint density at radius 1 is 1.35 bits per heavy atom. The molecule has 2 N–H and O–H groups in total. The minimum absolute atomic E-state index is 0.128. The number of anilines is 1. The highest BCUT2D eigenvalue weighted by Crippen LogP contribution is 2.27. The first-order valence-electron chi connectivity index (χ1n) is 6.06. The second kappa shape index (κ2) is 5.74. The van der Waals surface area contributed by atoms with E-state index in [-0.39, 0.29) is 11.9 Å². The van der Waals surface area contributed by atoms with Gasteiger partial charge in [-0.1, -0.05) is 0 Å². The van der Waals surface area contributed by atoms with Gasteiger partial charge in [0.1, 0.15) is 5.82 Å². The van der Waals surface area contributed by atoms with Gasteiger partial charge in [0.2, 0.25) is 0 Å². The molecular weight excluding hydrogens is 235 g/mol. The molecule has 2 rings (SSSR count). The van der Waals surface area contributed by atoms with Crippen LogP contribution in [0.15, 0.2) is 18.2 Å². The van der Waals surface area contributed by atoms with Crippen molar-refractivity contribution < 1.29 is 4.39 Å². The molecule has 1 unspecified atom stereocenters. The average Bonchev–Trinajstić information content (AvgIpc) is 2.57. The van der Waals surface area contributed by atoms with Gasteiger partial charge in [-0.3, -0.25) is 0 Å². The lowest BCUT2D eigenvalue weighted by molar-refractivity contribution is 0.621. The van der Waals surface area contributed by atoms with Crippen molar-refractivity contribution in [1.82, 2.24) is 0 Å². The van der Waals surface area contributed by atoms with Gasteiger partial charge >= 0.3 is 0 Å². The van der Waals surface area contributed by atoms with Crippen molar-refractivity contribution in [3.63, 3.8) is 0 Å². The third-order valence-corrected chi connectivity index (χ3v) is 4.09. The van der Waals surface area contributed by atoms with E-state index in [0.717, 1.165) is 30.1 Å². The maximum absolute atomic E-state index is 13.3. The normalized spacial score (nSPS) is 18.9. The fourth-order valence-corrected chi connectivity index (χ4v) is 3.05. The van der Waals surface area contributed by atoms with Gasteiger partial charge in [-0.15, -0.1) is 0 Å². The van der Waals surface area contributed by atoms with E-state index in [0.29, 0.717) is 0 Å². The van der Waals surface area contributed by atoms with Gasteiger partial charge < -0.3 is 10.6 Å². The van der Waals surface area contributed by atoms with Crippen molar-refractivity contribution in [3.8, 4) is 0 Å². The lowest BCUT2D eigenvalue weighted by atomic mass is 10.1. The first-order chi connectivity index (χ1) is 8.18. The highest BCUT2D eigenvalue weighted by atomic mass is 32.2. The Bertz CT molecular complexity index is 374. The summed E-state index contributed by atoms with van der Waals surface area (Å²) in [5.41, 5.74) is 7.95. The Hall–Kier alpha value is -0.740. The molecule has 2 nitrogen and oxygen atoms in total. The van der Waals surface area contributed by atoms with Crippen LogP contribution in [0.1, 0.15) is 24.9 Å². The Morgan fingerprint density at radius 3 is 2.94 bits per heavy atom. The Morgan fingerprint density at radius 2 is 2.18 bits per heavy atom. The second-order valence-electron chi connectivity index (χ2n) is 4.44. The molecule has 1 aliphatic heterocycles. The lowest BCUT2D eigenvalue weighted by Gasteiger charge is -2.26. The summed E-state index contributed by atoms with van der Waals surface area (Å²) in [6, 6.07) is 4.83. The number of hydrogen-bond acceptors (Lipinski definition) is 3. The smallest absolute Gasteiger partial charge is 0.123 e. The van der Waals surface area contributed by atoms with Crippen molar-refractivity contribution in [2.24, 2.45) is 5.73 Å². The minimum Gasteiger partial charge on any atom is -0.370 e. The SMILES string of the molecule is CC(N)c1cc(F)ccc1N1CCCSCC1. The van der Waals surface area contributed by atoms with Crippen molar-refractivity contribution in [1.29, 1.82) is 0 Å². The zero-order valence-electron chi connectivity index (χ0n) is 10.2. The molecule has 1 aromatic rings. The van der Waals surface area contributed by atoms with Gasteiger partial charge in [0, 0.05) is 30.6 Å². The Kier molecular flexibility index (Phi) is 4.29. The largest absolute Gasteiger partial charge is 0.370 e. The van der Waals surface area contributed by atoms with E-state index in [2.05, 4.69) is 4.90 Å². The number of benzene rings is 1. The van der Waals surface area contributed by atoms with Crippen LogP contribution in [0.2, 0.25) is 0 Å². The second-order valence-corrected chi connectivity index (χ2v) is 5.67. The predicted molar refractivity (Wildman–Crippen MR) is 73.2 cm³/mol. The standard InChI is InChI=1S/C13H19FN2S/c1-10(15)12-9-11(14)3-4-13(12)16-5-2-7-17-8-6-16/h3-4,9-10H,2,5-8,15H2,1H3. The molecule has 0 radical (unpaired) electrons. The Balaban J connectivity index is 2.29. The maximum atomic E-state index is 13.3. The van der Waals surface area contributed by atoms with E-state index in [4.69, 9.17) is 5.73 Å². The third kappa shape index (κ3) is 3.13. The average molecular weight is 254 g/mol. The van der Waals surface area contributed by atoms with Gasteiger partial charge in [0.05, 0.1) is 0 Å². The number of nitrogens with two attached hydrogens (primary N) is 1. The predicted octanol–water partition coefficient (Wildman–Crippen LogP) is 2.79. The number of halogens is 1. The molecule has 1 aromatic carbocycles. The Labute approximate surface area is 106 Å². The molecule has 0 spiro atoms. The van der Waals surface area contributed by atoms with Crippen molar-refractivity contribution in [2.75, 3.05) is 29.5 Å². The van der Waals surface area contributed by atoms with Crippen LogP contribution in [0.25, 0.3) is 0 Å². The van der Waals surface area contributed by atoms with E-state index < -0.39 is 0 Å². The van der Waals surface area contributed by atoms with Crippen LogP contribution in [0.3, 0.4) is 0 Å². The van der Waals surface area contributed by atoms with Crippen LogP contribution in [0, 0.1) is 5.82 Å². The summed E-state index contributed by atoms with van der Waals surface area (Å²) in [4.78, 5) is 2.33. The number of hydrogen-bond donors (Lipinski definition) is 1. The summed E-state index contributed by atoms with van der Waals surface area (Å²) in [6.45, 7) is 3.97. The molecule has 1 aliphatic rings. The molecule has 0 aliphatic carbocycles. The van der Waals surface area contributed by atoms with Crippen molar-refractivity contribution in [2.45, 2.75) is 19.4 Å². The molecule has 1 atom stereocenters. The molecule has 0 saturated carbocycles. The number of nitrogens with zero attached hydrogens (tertiary/aromatic N) is 1. The zero-order chi connectivity index (χ0) is 12.3. The minimum atomic E-state index is -0.203. The molecule has 1 heterocycles. The van der Waals surface area contributed by atoms with Gasteiger partial charge in [0.15, 0.2) is 0 Å². The van der Waals surface area contributed by atoms with E-state index >= 15 is 0 Å². The highest BCUT2D eigenvalue weighted by molar-refractivity contribution is 7.99. The first-order valence-corrected chi connectivity index (χ1v) is 7.21. The number of thioether (sulfide) groups is 1. The first kappa shape index (κ1) is 12.7. The van der Waals surface area contributed by atoms with Gasteiger partial charge in [-0.25, -0.2) is 4.39 Å². The van der Waals surface area contributed by atoms with Crippen LogP contribution >= 0.6 is 11.8 Å². The van der Waals surface area contributed by atoms with Crippen LogP contribution in [0.5, 0.6) is 0 Å². The van der Waals surface area contributed by atoms with E-state index in [9.17, 15) is 4.39 Å².